The zero-order chi connectivity index (χ0) is 51.0. The summed E-state index contributed by atoms with van der Waals surface area (Å²) in [6.07, 6.45) is 1.82. The summed E-state index contributed by atoms with van der Waals surface area (Å²) in [7, 11) is 0. The summed E-state index contributed by atoms with van der Waals surface area (Å²) >= 11 is 0. The summed E-state index contributed by atoms with van der Waals surface area (Å²) in [6, 6.07) is 57.4. The Morgan fingerprint density at radius 2 is 1.18 bits per heavy atom. The molecule has 5 nitrogen and oxygen atoms in total. The Hall–Kier alpha value is -7.07. The van der Waals surface area contributed by atoms with E-state index in [2.05, 4.69) is 213 Å². The molecule has 11 aromatic rings. The van der Waals surface area contributed by atoms with E-state index >= 15 is 0 Å². The van der Waals surface area contributed by atoms with E-state index in [1.807, 2.05) is 36.5 Å². The largest absolute Gasteiger partial charge is 0.507 e. The third-order valence-electron chi connectivity index (χ3n) is 14.9. The van der Waals surface area contributed by atoms with Crippen LogP contribution in [0.15, 0.2) is 162 Å². The molecule has 0 spiro atoms. The number of benzene rings is 8. The van der Waals surface area contributed by atoms with Gasteiger partial charge in [0, 0.05) is 43.7 Å². The summed E-state index contributed by atoms with van der Waals surface area (Å²) < 4.78 is 9.21. The molecule has 374 valence electrons. The molecule has 0 radical (unpaired) electrons. The van der Waals surface area contributed by atoms with Crippen LogP contribution in [0.4, 0.5) is 0 Å². The number of aromatic nitrogens is 3. The molecule has 0 amide bonds. The molecule has 0 aliphatic carbocycles. The number of hydrogen-bond acceptors (Lipinski definition) is 4. The van der Waals surface area contributed by atoms with Gasteiger partial charge in [-0.25, -0.2) is 4.98 Å². The van der Waals surface area contributed by atoms with Crippen LogP contribution in [0.3, 0.4) is 0 Å². The van der Waals surface area contributed by atoms with Crippen molar-refractivity contribution in [3.63, 3.8) is 0 Å². The quantitative estimate of drug-likeness (QED) is 0.139. The standard InChI is InChI=1S/C68H64N3O2.Pt/c1-39(2)52-33-46(43-20-13-12-14-21-43)34-53(40(3)4)63(52)50-25-18-26-51-49(50)29-30-61-64(51)57-37-60(72)56(38-62(57)73-61)67-70-65-48(44-22-17-23-45(32-44)58-27-15-16-31-69-58)24-19-28-59(65)71(67)66-54(41(5)6)35-47(68(9,10)11)36-55(66)42(7)8;/h12-31,33-42,72H,1-11H3;/q-1;. The van der Waals surface area contributed by atoms with Crippen molar-refractivity contribution in [3.05, 3.63) is 192 Å². The molecule has 0 saturated heterocycles. The molecule has 3 aromatic heterocycles. The Kier molecular flexibility index (Phi) is 13.4. The molecule has 6 heteroatoms. The van der Waals surface area contributed by atoms with Gasteiger partial charge in [-0.3, -0.25) is 9.55 Å². The molecule has 1 N–H and O–H groups in total. The van der Waals surface area contributed by atoms with Crippen LogP contribution < -0.4 is 0 Å². The zero-order valence-electron chi connectivity index (χ0n) is 44.3. The van der Waals surface area contributed by atoms with Gasteiger partial charge in [0.25, 0.3) is 0 Å². The SMILES string of the molecule is CC(C)c1cc(-c2ccccc2)cc(C(C)C)c1-c1cccc2c1ccc1oc3cc(-c4nc5c(-c6[c-]c(-c7ccccn7)ccc6)cccc5n4-c4c(C(C)C)cc(C(C)(C)C)cc4C(C)C)c(O)cc3c12.[Pt]. The number of imidazole rings is 1. The molecule has 0 fully saturated rings. The van der Waals surface area contributed by atoms with Crippen molar-refractivity contribution in [3.8, 4) is 67.5 Å². The predicted octanol–water partition coefficient (Wildman–Crippen LogP) is 19.1. The van der Waals surface area contributed by atoms with E-state index in [0.29, 0.717) is 28.8 Å². The van der Waals surface area contributed by atoms with Gasteiger partial charge in [0.15, 0.2) is 0 Å². The molecule has 0 aliphatic rings. The van der Waals surface area contributed by atoms with Gasteiger partial charge < -0.3 is 9.52 Å². The molecule has 3 heterocycles. The smallest absolute Gasteiger partial charge is 0.148 e. The summed E-state index contributed by atoms with van der Waals surface area (Å²) in [5.74, 6) is 1.73. The van der Waals surface area contributed by atoms with E-state index in [4.69, 9.17) is 9.40 Å². The first kappa shape index (κ1) is 50.5. The van der Waals surface area contributed by atoms with Crippen LogP contribution in [-0.2, 0) is 26.5 Å². The Morgan fingerprint density at radius 3 is 1.82 bits per heavy atom. The normalized spacial score (nSPS) is 12.1. The van der Waals surface area contributed by atoms with Crippen LogP contribution in [-0.4, -0.2) is 19.6 Å². The maximum Gasteiger partial charge on any atom is 0.148 e. The first-order chi connectivity index (χ1) is 35.1. The topological polar surface area (TPSA) is 64.1 Å². The second kappa shape index (κ2) is 19.7. The number of furan rings is 1. The second-order valence-corrected chi connectivity index (χ2v) is 22.2. The molecule has 0 atom stereocenters. The first-order valence-electron chi connectivity index (χ1n) is 26.1. The predicted molar refractivity (Wildman–Crippen MR) is 306 cm³/mol. The van der Waals surface area contributed by atoms with Gasteiger partial charge in [-0.05, 0) is 120 Å². The summed E-state index contributed by atoms with van der Waals surface area (Å²) in [5.41, 5.74) is 19.8. The van der Waals surface area contributed by atoms with E-state index in [1.165, 1.54) is 50.1 Å². The average molecular weight is 1150 g/mol. The number of para-hydroxylation sites is 1. The Bertz CT molecular complexity index is 3850. The van der Waals surface area contributed by atoms with E-state index in [1.54, 1.807) is 0 Å². The number of hydrogen-bond donors (Lipinski definition) is 1. The Labute approximate surface area is 450 Å². The number of aromatic hydroxyl groups is 1. The molecular weight excluding hydrogens is 1090 g/mol. The number of fused-ring (bicyclic) bond motifs is 6. The van der Waals surface area contributed by atoms with Gasteiger partial charge in [0.05, 0.1) is 22.3 Å². The van der Waals surface area contributed by atoms with Crippen molar-refractivity contribution in [2.75, 3.05) is 0 Å². The van der Waals surface area contributed by atoms with E-state index in [9.17, 15) is 5.11 Å². The summed E-state index contributed by atoms with van der Waals surface area (Å²) in [4.78, 5) is 10.3. The summed E-state index contributed by atoms with van der Waals surface area (Å²) in [6.45, 7) is 25.2. The van der Waals surface area contributed by atoms with Crippen LogP contribution in [0.5, 0.6) is 5.75 Å². The van der Waals surface area contributed by atoms with Gasteiger partial charge in [0.2, 0.25) is 0 Å². The van der Waals surface area contributed by atoms with Crippen molar-refractivity contribution < 1.29 is 30.6 Å². The van der Waals surface area contributed by atoms with Crippen LogP contribution in [0.2, 0.25) is 0 Å². The fraction of sp³-hybridized carbons (Fsp3) is 0.235. The summed E-state index contributed by atoms with van der Waals surface area (Å²) in [5, 5.41) is 16.8. The number of rotatable bonds is 10. The van der Waals surface area contributed by atoms with Gasteiger partial charge in [-0.15, -0.1) is 29.8 Å². The van der Waals surface area contributed by atoms with E-state index < -0.39 is 0 Å². The fourth-order valence-electron chi connectivity index (χ4n) is 11.0. The molecule has 0 saturated carbocycles. The third kappa shape index (κ3) is 8.77. The molecular formula is C68H64N3O2Pt-. The second-order valence-electron chi connectivity index (χ2n) is 22.2. The van der Waals surface area contributed by atoms with Gasteiger partial charge >= 0.3 is 0 Å². The first-order valence-corrected chi connectivity index (χ1v) is 26.1. The van der Waals surface area contributed by atoms with Gasteiger partial charge in [-0.1, -0.05) is 190 Å². The molecule has 11 rings (SSSR count). The fourth-order valence-corrected chi connectivity index (χ4v) is 11.0. The number of nitrogens with zero attached hydrogens (tertiary/aromatic N) is 3. The molecule has 8 aromatic carbocycles. The van der Waals surface area contributed by atoms with Crippen LogP contribution in [0, 0.1) is 6.07 Å². The van der Waals surface area contributed by atoms with Gasteiger partial charge in [-0.2, -0.15) is 0 Å². The van der Waals surface area contributed by atoms with Crippen LogP contribution >= 0.6 is 0 Å². The molecule has 0 bridgehead atoms. The zero-order valence-corrected chi connectivity index (χ0v) is 46.6. The minimum Gasteiger partial charge on any atom is -0.507 e. The Balaban J connectivity index is 0.00000626. The van der Waals surface area contributed by atoms with Crippen molar-refractivity contribution in [1.82, 2.24) is 14.5 Å². The minimum absolute atomic E-state index is 0. The van der Waals surface area contributed by atoms with Crippen molar-refractivity contribution in [1.29, 1.82) is 0 Å². The van der Waals surface area contributed by atoms with E-state index in [-0.39, 0.29) is 44.1 Å². The van der Waals surface area contributed by atoms with E-state index in [0.717, 1.165) is 66.2 Å². The van der Waals surface area contributed by atoms with Crippen molar-refractivity contribution in [2.45, 2.75) is 105 Å². The van der Waals surface area contributed by atoms with Crippen molar-refractivity contribution >= 4 is 43.7 Å². The Morgan fingerprint density at radius 1 is 0.541 bits per heavy atom. The maximum absolute atomic E-state index is 12.7. The molecule has 74 heavy (non-hydrogen) atoms. The van der Waals surface area contributed by atoms with Gasteiger partial charge in [0.1, 0.15) is 22.7 Å². The number of pyridine rings is 1. The van der Waals surface area contributed by atoms with Crippen LogP contribution in [0.1, 0.15) is 128 Å². The number of phenolic OH excluding ortho intramolecular Hbond substituents is 1. The minimum atomic E-state index is -0.0662. The van der Waals surface area contributed by atoms with Crippen LogP contribution in [0.25, 0.3) is 105 Å². The maximum atomic E-state index is 12.7. The number of phenols is 1. The average Bonchev–Trinajstić information content (AvgIpc) is 3.96. The third-order valence-corrected chi connectivity index (χ3v) is 14.9. The molecule has 0 aliphatic heterocycles. The molecule has 0 unspecified atom stereocenters. The van der Waals surface area contributed by atoms with Crippen molar-refractivity contribution in [2.24, 2.45) is 0 Å². The monoisotopic (exact) mass is 1150 g/mol.